The van der Waals surface area contributed by atoms with Crippen molar-refractivity contribution < 1.29 is 14.4 Å². The number of likely N-dealkylation sites (tertiary alicyclic amines) is 1. The first kappa shape index (κ1) is 23.3. The number of carbonyl (C=O) groups excluding carboxylic acids is 3. The normalized spacial score (nSPS) is 19.7. The number of benzene rings is 1. The number of nitrogens with zero attached hydrogens (tertiary/aromatic N) is 4. The Morgan fingerprint density at radius 2 is 1.54 bits per heavy atom. The van der Waals surface area contributed by atoms with Gasteiger partial charge in [0.2, 0.25) is 5.91 Å². The molecule has 0 radical (unpaired) electrons. The van der Waals surface area contributed by atoms with E-state index in [1.807, 2.05) is 12.1 Å². The van der Waals surface area contributed by atoms with Crippen molar-refractivity contribution in [1.82, 2.24) is 9.88 Å². The zero-order valence-electron chi connectivity index (χ0n) is 19.4. The molecule has 4 heterocycles. The number of pyridine rings is 1. The van der Waals surface area contributed by atoms with Crippen LogP contribution in [0.5, 0.6) is 0 Å². The Labute approximate surface area is 208 Å². The van der Waals surface area contributed by atoms with Crippen LogP contribution in [0.3, 0.4) is 0 Å². The molecule has 2 N–H and O–H groups in total. The minimum Gasteiger partial charge on any atom is -0.357 e. The smallest absolute Gasteiger partial charge is 0.262 e. The van der Waals surface area contributed by atoms with Gasteiger partial charge in [-0.3, -0.25) is 14.4 Å². The Kier molecular flexibility index (Phi) is 6.98. The lowest BCUT2D eigenvalue weighted by molar-refractivity contribution is -0.121. The van der Waals surface area contributed by atoms with Gasteiger partial charge in [0.05, 0.1) is 11.9 Å². The fourth-order valence-corrected chi connectivity index (χ4v) is 5.55. The van der Waals surface area contributed by atoms with Crippen LogP contribution in [0, 0.1) is 0 Å². The lowest BCUT2D eigenvalue weighted by Crippen LogP contribution is -2.25. The van der Waals surface area contributed by atoms with Crippen molar-refractivity contribution in [2.45, 2.75) is 37.4 Å². The fourth-order valence-electron chi connectivity index (χ4n) is 4.43. The Hall–Kier alpha value is -3.40. The quantitative estimate of drug-likeness (QED) is 0.637. The SMILES string of the molecule is O=C(CC1SC(N2CCCC2)=NC1=O)Nc1ccc(C(=O)Nc2ccc(N3CCCC3)nc2)cc1. The van der Waals surface area contributed by atoms with Crippen LogP contribution in [0.25, 0.3) is 0 Å². The topological polar surface area (TPSA) is 107 Å². The van der Waals surface area contributed by atoms with E-state index in [1.54, 1.807) is 30.5 Å². The van der Waals surface area contributed by atoms with E-state index in [9.17, 15) is 14.4 Å². The molecule has 9 nitrogen and oxygen atoms in total. The summed E-state index contributed by atoms with van der Waals surface area (Å²) in [5, 5.41) is 5.91. The van der Waals surface area contributed by atoms with Gasteiger partial charge < -0.3 is 20.4 Å². The molecule has 5 rings (SSSR count). The van der Waals surface area contributed by atoms with Crippen LogP contribution < -0.4 is 15.5 Å². The second kappa shape index (κ2) is 10.5. The molecule has 0 spiro atoms. The highest BCUT2D eigenvalue weighted by Crippen LogP contribution is 2.29. The molecule has 2 aromatic rings. The Bertz CT molecular complexity index is 1120. The number of hydrogen-bond acceptors (Lipinski definition) is 7. The predicted octanol–water partition coefficient (Wildman–Crippen LogP) is 3.36. The highest BCUT2D eigenvalue weighted by atomic mass is 32.2. The zero-order valence-corrected chi connectivity index (χ0v) is 20.2. The van der Waals surface area contributed by atoms with E-state index in [4.69, 9.17) is 0 Å². The molecule has 182 valence electrons. The van der Waals surface area contributed by atoms with Gasteiger partial charge in [0.25, 0.3) is 11.8 Å². The van der Waals surface area contributed by atoms with Gasteiger partial charge in [0.1, 0.15) is 11.1 Å². The van der Waals surface area contributed by atoms with Crippen LogP contribution in [0.1, 0.15) is 42.5 Å². The molecule has 1 aromatic carbocycles. The number of aliphatic imine (C=N–C) groups is 1. The minimum atomic E-state index is -0.485. The second-order valence-electron chi connectivity index (χ2n) is 8.92. The molecular weight excluding hydrogens is 464 g/mol. The number of amidine groups is 1. The first-order valence-electron chi connectivity index (χ1n) is 12.0. The van der Waals surface area contributed by atoms with Crippen LogP contribution in [-0.2, 0) is 9.59 Å². The molecule has 0 aliphatic carbocycles. The van der Waals surface area contributed by atoms with E-state index in [2.05, 4.69) is 30.4 Å². The molecule has 0 saturated carbocycles. The van der Waals surface area contributed by atoms with Gasteiger partial charge >= 0.3 is 0 Å². The number of hydrogen-bond donors (Lipinski definition) is 2. The monoisotopic (exact) mass is 492 g/mol. The van der Waals surface area contributed by atoms with Crippen LogP contribution in [0.15, 0.2) is 47.6 Å². The molecule has 1 unspecified atom stereocenters. The minimum absolute atomic E-state index is 0.0625. The number of carbonyl (C=O) groups is 3. The Balaban J connectivity index is 1.11. The summed E-state index contributed by atoms with van der Waals surface area (Å²) in [7, 11) is 0. The summed E-state index contributed by atoms with van der Waals surface area (Å²) >= 11 is 1.37. The largest absolute Gasteiger partial charge is 0.357 e. The van der Waals surface area contributed by atoms with Crippen molar-refractivity contribution in [1.29, 1.82) is 0 Å². The Morgan fingerprint density at radius 3 is 2.20 bits per heavy atom. The van der Waals surface area contributed by atoms with E-state index in [0.29, 0.717) is 16.9 Å². The molecule has 0 bridgehead atoms. The number of rotatable bonds is 6. The first-order valence-corrected chi connectivity index (χ1v) is 12.9. The van der Waals surface area contributed by atoms with Gasteiger partial charge in [-0.25, -0.2) is 4.98 Å². The van der Waals surface area contributed by atoms with E-state index in [1.165, 1.54) is 24.6 Å². The highest BCUT2D eigenvalue weighted by molar-refractivity contribution is 8.15. The van der Waals surface area contributed by atoms with E-state index < -0.39 is 5.25 Å². The molecule has 2 fully saturated rings. The number of thioether (sulfide) groups is 1. The molecule has 10 heteroatoms. The fraction of sp³-hybridized carbons (Fsp3) is 0.400. The van der Waals surface area contributed by atoms with Crippen LogP contribution in [-0.4, -0.2) is 64.2 Å². The third-order valence-electron chi connectivity index (χ3n) is 6.34. The van der Waals surface area contributed by atoms with E-state index >= 15 is 0 Å². The molecule has 35 heavy (non-hydrogen) atoms. The van der Waals surface area contributed by atoms with Gasteiger partial charge in [-0.15, -0.1) is 0 Å². The molecule has 3 amide bonds. The van der Waals surface area contributed by atoms with Gasteiger partial charge in [-0.2, -0.15) is 4.99 Å². The van der Waals surface area contributed by atoms with Crippen molar-refractivity contribution >= 4 is 51.8 Å². The maximum absolute atomic E-state index is 12.6. The molecule has 1 aromatic heterocycles. The molecule has 2 saturated heterocycles. The summed E-state index contributed by atoms with van der Waals surface area (Å²) in [5.41, 5.74) is 1.67. The third kappa shape index (κ3) is 5.64. The van der Waals surface area contributed by atoms with Crippen LogP contribution >= 0.6 is 11.8 Å². The molecule has 3 aliphatic rings. The maximum atomic E-state index is 12.6. The van der Waals surface area contributed by atoms with Gasteiger partial charge in [-0.1, -0.05) is 11.8 Å². The van der Waals surface area contributed by atoms with Gasteiger partial charge in [-0.05, 0) is 62.1 Å². The second-order valence-corrected chi connectivity index (χ2v) is 10.1. The Morgan fingerprint density at radius 1 is 0.886 bits per heavy atom. The maximum Gasteiger partial charge on any atom is 0.262 e. The van der Waals surface area contributed by atoms with Crippen molar-refractivity contribution in [2.24, 2.45) is 4.99 Å². The van der Waals surface area contributed by atoms with Crippen molar-refractivity contribution in [3.8, 4) is 0 Å². The number of aromatic nitrogens is 1. The van der Waals surface area contributed by atoms with Crippen molar-refractivity contribution in [3.63, 3.8) is 0 Å². The third-order valence-corrected chi connectivity index (χ3v) is 7.56. The summed E-state index contributed by atoms with van der Waals surface area (Å²) in [4.78, 5) is 50.3. The van der Waals surface area contributed by atoms with Gasteiger partial charge in [0, 0.05) is 43.9 Å². The number of nitrogens with one attached hydrogen (secondary N) is 2. The van der Waals surface area contributed by atoms with Crippen molar-refractivity contribution in [2.75, 3.05) is 41.7 Å². The number of anilines is 3. The standard InChI is InChI=1S/C25H28N6O3S/c32-22(15-20-24(34)29-25(35-20)31-13-3-4-14-31)27-18-7-5-17(6-8-18)23(33)28-19-9-10-21(26-16-19)30-11-1-2-12-30/h5-10,16,20H,1-4,11-15H2,(H,27,32)(H,28,33). The average molecular weight is 493 g/mol. The lowest BCUT2D eigenvalue weighted by Gasteiger charge is -2.16. The molecular formula is C25H28N6O3S. The average Bonchev–Trinajstić information content (AvgIpc) is 3.63. The predicted molar refractivity (Wildman–Crippen MR) is 138 cm³/mol. The van der Waals surface area contributed by atoms with Crippen molar-refractivity contribution in [3.05, 3.63) is 48.2 Å². The summed E-state index contributed by atoms with van der Waals surface area (Å²) in [6, 6.07) is 10.4. The summed E-state index contributed by atoms with van der Waals surface area (Å²) in [6.45, 7) is 3.87. The van der Waals surface area contributed by atoms with Crippen LogP contribution in [0.4, 0.5) is 17.2 Å². The van der Waals surface area contributed by atoms with Gasteiger partial charge in [0.15, 0.2) is 5.17 Å². The molecule has 1 atom stereocenters. The molecule has 3 aliphatic heterocycles. The summed E-state index contributed by atoms with van der Waals surface area (Å²) < 4.78 is 0. The summed E-state index contributed by atoms with van der Waals surface area (Å²) in [6.07, 6.45) is 6.31. The van der Waals surface area contributed by atoms with E-state index in [-0.39, 0.29) is 24.1 Å². The highest BCUT2D eigenvalue weighted by Gasteiger charge is 2.33. The zero-order chi connectivity index (χ0) is 24.2. The number of amides is 3. The first-order chi connectivity index (χ1) is 17.0. The summed E-state index contributed by atoms with van der Waals surface area (Å²) in [5.74, 6) is 0.174. The lowest BCUT2D eigenvalue weighted by atomic mass is 10.2. The van der Waals surface area contributed by atoms with Crippen LogP contribution in [0.2, 0.25) is 0 Å². The van der Waals surface area contributed by atoms with E-state index in [0.717, 1.165) is 50.0 Å².